The minimum Gasteiger partial charge on any atom is -0.381 e. The number of ether oxygens (including phenoxy) is 1. The maximum atomic E-state index is 5.86. The van der Waals surface area contributed by atoms with E-state index in [1.807, 2.05) is 0 Å². The van der Waals surface area contributed by atoms with Crippen LogP contribution in [-0.2, 0) is 4.74 Å². The zero-order chi connectivity index (χ0) is 11.4. The van der Waals surface area contributed by atoms with Gasteiger partial charge in [-0.1, -0.05) is 12.8 Å². The Kier molecular flexibility index (Phi) is 4.62. The van der Waals surface area contributed by atoms with Crippen LogP contribution in [0.5, 0.6) is 0 Å². The molecule has 1 aliphatic carbocycles. The van der Waals surface area contributed by atoms with Gasteiger partial charge in [0.2, 0.25) is 0 Å². The van der Waals surface area contributed by atoms with Crippen molar-refractivity contribution in [2.75, 3.05) is 19.8 Å². The molecule has 1 saturated carbocycles. The van der Waals surface area contributed by atoms with Gasteiger partial charge in [0.05, 0.1) is 6.61 Å². The van der Waals surface area contributed by atoms with E-state index in [9.17, 15) is 0 Å². The normalized spacial score (nSPS) is 37.5. The Hall–Kier alpha value is -0.120. The van der Waals surface area contributed by atoms with Crippen molar-refractivity contribution in [3.05, 3.63) is 0 Å². The Morgan fingerprint density at radius 2 is 2.12 bits per heavy atom. The molecule has 16 heavy (non-hydrogen) atoms. The van der Waals surface area contributed by atoms with Gasteiger partial charge in [0.15, 0.2) is 0 Å². The van der Waals surface area contributed by atoms with Gasteiger partial charge in [-0.3, -0.25) is 0 Å². The minimum atomic E-state index is 0.583. The van der Waals surface area contributed by atoms with Crippen LogP contribution in [0.15, 0.2) is 0 Å². The van der Waals surface area contributed by atoms with E-state index in [-0.39, 0.29) is 0 Å². The summed E-state index contributed by atoms with van der Waals surface area (Å²) in [4.78, 5) is 0. The van der Waals surface area contributed by atoms with Gasteiger partial charge in [-0.2, -0.15) is 0 Å². The van der Waals surface area contributed by atoms with Crippen LogP contribution < -0.4 is 11.1 Å². The first kappa shape index (κ1) is 12.3. The lowest BCUT2D eigenvalue weighted by Crippen LogP contribution is -2.48. The second-order valence-electron chi connectivity index (χ2n) is 5.47. The standard InChI is InChI=1S/C13H26N2O/c1-10(12-6-7-16-9-12)15-13-5-3-2-4-11(13)8-14/h10-13,15H,2-9,14H2,1H3. The quantitative estimate of drug-likeness (QED) is 0.764. The molecule has 0 amide bonds. The highest BCUT2D eigenvalue weighted by atomic mass is 16.5. The summed E-state index contributed by atoms with van der Waals surface area (Å²) >= 11 is 0. The van der Waals surface area contributed by atoms with E-state index in [0.29, 0.717) is 23.9 Å². The van der Waals surface area contributed by atoms with Crippen molar-refractivity contribution in [1.29, 1.82) is 0 Å². The van der Waals surface area contributed by atoms with Crippen LogP contribution in [-0.4, -0.2) is 31.8 Å². The van der Waals surface area contributed by atoms with Gasteiger partial charge in [0.1, 0.15) is 0 Å². The van der Waals surface area contributed by atoms with Crippen LogP contribution in [0.4, 0.5) is 0 Å². The molecule has 0 bridgehead atoms. The fourth-order valence-corrected chi connectivity index (χ4v) is 3.13. The van der Waals surface area contributed by atoms with Crippen LogP contribution in [0.1, 0.15) is 39.0 Å². The second kappa shape index (κ2) is 5.99. The van der Waals surface area contributed by atoms with Gasteiger partial charge >= 0.3 is 0 Å². The zero-order valence-corrected chi connectivity index (χ0v) is 10.5. The predicted octanol–water partition coefficient (Wildman–Crippen LogP) is 1.52. The molecule has 2 aliphatic rings. The van der Waals surface area contributed by atoms with Crippen molar-refractivity contribution in [3.63, 3.8) is 0 Å². The van der Waals surface area contributed by atoms with Crippen LogP contribution in [0.2, 0.25) is 0 Å². The lowest BCUT2D eigenvalue weighted by atomic mass is 9.83. The molecule has 1 aliphatic heterocycles. The summed E-state index contributed by atoms with van der Waals surface area (Å²) in [5.41, 5.74) is 5.86. The largest absolute Gasteiger partial charge is 0.381 e. The maximum absolute atomic E-state index is 5.86. The molecule has 0 aromatic heterocycles. The molecule has 0 aromatic carbocycles. The number of nitrogens with two attached hydrogens (primary N) is 1. The molecular weight excluding hydrogens is 200 g/mol. The van der Waals surface area contributed by atoms with Crippen molar-refractivity contribution < 1.29 is 4.74 Å². The van der Waals surface area contributed by atoms with Crippen molar-refractivity contribution in [1.82, 2.24) is 5.32 Å². The Labute approximate surface area is 99.1 Å². The lowest BCUT2D eigenvalue weighted by molar-refractivity contribution is 0.169. The van der Waals surface area contributed by atoms with Gasteiger partial charge < -0.3 is 15.8 Å². The predicted molar refractivity (Wildman–Crippen MR) is 66.3 cm³/mol. The zero-order valence-electron chi connectivity index (χ0n) is 10.5. The molecule has 1 heterocycles. The monoisotopic (exact) mass is 226 g/mol. The Bertz CT molecular complexity index is 204. The summed E-state index contributed by atoms with van der Waals surface area (Å²) in [5, 5.41) is 3.80. The molecule has 4 atom stereocenters. The molecule has 0 spiro atoms. The fourth-order valence-electron chi connectivity index (χ4n) is 3.13. The summed E-state index contributed by atoms with van der Waals surface area (Å²) < 4.78 is 5.46. The number of rotatable bonds is 4. The van der Waals surface area contributed by atoms with Crippen LogP contribution in [0.3, 0.4) is 0 Å². The molecule has 94 valence electrons. The van der Waals surface area contributed by atoms with Crippen molar-refractivity contribution in [2.24, 2.45) is 17.6 Å². The van der Waals surface area contributed by atoms with Gasteiger partial charge in [-0.15, -0.1) is 0 Å². The third-order valence-electron chi connectivity index (χ3n) is 4.36. The summed E-state index contributed by atoms with van der Waals surface area (Å²) in [6, 6.07) is 1.23. The molecule has 3 heteroatoms. The van der Waals surface area contributed by atoms with Crippen molar-refractivity contribution >= 4 is 0 Å². The first-order valence-corrected chi connectivity index (χ1v) is 6.85. The smallest absolute Gasteiger partial charge is 0.0509 e. The first-order valence-electron chi connectivity index (χ1n) is 6.85. The molecule has 3 nitrogen and oxygen atoms in total. The highest BCUT2D eigenvalue weighted by Gasteiger charge is 2.28. The molecule has 4 unspecified atom stereocenters. The minimum absolute atomic E-state index is 0.583. The van der Waals surface area contributed by atoms with E-state index in [2.05, 4.69) is 12.2 Å². The van der Waals surface area contributed by atoms with Crippen LogP contribution in [0, 0.1) is 11.8 Å². The van der Waals surface area contributed by atoms with Crippen molar-refractivity contribution in [3.8, 4) is 0 Å². The second-order valence-corrected chi connectivity index (χ2v) is 5.47. The topological polar surface area (TPSA) is 47.3 Å². The van der Waals surface area contributed by atoms with Gasteiger partial charge in [-0.05, 0) is 44.6 Å². The highest BCUT2D eigenvalue weighted by Crippen LogP contribution is 2.25. The molecular formula is C13H26N2O. The van der Waals surface area contributed by atoms with E-state index in [4.69, 9.17) is 10.5 Å². The van der Waals surface area contributed by atoms with Crippen LogP contribution >= 0.6 is 0 Å². The highest BCUT2D eigenvalue weighted by molar-refractivity contribution is 4.86. The Balaban J connectivity index is 1.81. The summed E-state index contributed by atoms with van der Waals surface area (Å²) in [6.45, 7) is 5.03. The van der Waals surface area contributed by atoms with Gasteiger partial charge in [-0.25, -0.2) is 0 Å². The first-order chi connectivity index (χ1) is 7.81. The Morgan fingerprint density at radius 1 is 1.31 bits per heavy atom. The number of hydrogen-bond acceptors (Lipinski definition) is 3. The Morgan fingerprint density at radius 3 is 2.81 bits per heavy atom. The van der Waals surface area contributed by atoms with Gasteiger partial charge in [0.25, 0.3) is 0 Å². The number of nitrogens with one attached hydrogen (secondary N) is 1. The van der Waals surface area contributed by atoms with E-state index < -0.39 is 0 Å². The maximum Gasteiger partial charge on any atom is 0.0509 e. The average Bonchev–Trinajstić information content (AvgIpc) is 2.83. The SMILES string of the molecule is CC(NC1CCCCC1CN)C1CCOC1. The van der Waals surface area contributed by atoms with Crippen molar-refractivity contribution in [2.45, 2.75) is 51.1 Å². The number of hydrogen-bond donors (Lipinski definition) is 2. The fraction of sp³-hybridized carbons (Fsp3) is 1.00. The van der Waals surface area contributed by atoms with Gasteiger partial charge in [0, 0.05) is 18.7 Å². The third kappa shape index (κ3) is 2.96. The van der Waals surface area contributed by atoms with E-state index in [0.717, 1.165) is 19.8 Å². The van der Waals surface area contributed by atoms with E-state index in [1.54, 1.807) is 0 Å². The van der Waals surface area contributed by atoms with Crippen LogP contribution in [0.25, 0.3) is 0 Å². The summed E-state index contributed by atoms with van der Waals surface area (Å²) in [5.74, 6) is 1.40. The van der Waals surface area contributed by atoms with E-state index in [1.165, 1.54) is 32.1 Å². The summed E-state index contributed by atoms with van der Waals surface area (Å²) in [6.07, 6.45) is 6.55. The summed E-state index contributed by atoms with van der Waals surface area (Å²) in [7, 11) is 0. The molecule has 3 N–H and O–H groups in total. The third-order valence-corrected chi connectivity index (χ3v) is 4.36. The molecule has 2 rings (SSSR count). The average molecular weight is 226 g/mol. The van der Waals surface area contributed by atoms with E-state index >= 15 is 0 Å². The molecule has 0 aromatic rings. The molecule has 0 radical (unpaired) electrons. The molecule has 2 fully saturated rings. The lowest BCUT2D eigenvalue weighted by Gasteiger charge is -2.35. The molecule has 1 saturated heterocycles.